The van der Waals surface area contributed by atoms with Crippen LogP contribution in [0.25, 0.3) is 5.69 Å². The first-order chi connectivity index (χ1) is 10.2. The predicted octanol–water partition coefficient (Wildman–Crippen LogP) is 2.38. The number of hydrogen-bond acceptors (Lipinski definition) is 3. The van der Waals surface area contributed by atoms with Gasteiger partial charge in [-0.2, -0.15) is 5.10 Å². The lowest BCUT2D eigenvalue weighted by atomic mass is 10.1. The molecule has 1 amide bonds. The van der Waals surface area contributed by atoms with Crippen molar-refractivity contribution in [1.29, 1.82) is 0 Å². The molecule has 0 bridgehead atoms. The molecule has 0 aliphatic carbocycles. The lowest BCUT2D eigenvalue weighted by molar-refractivity contribution is 0.0957. The third-order valence-corrected chi connectivity index (χ3v) is 3.31. The van der Waals surface area contributed by atoms with E-state index in [1.807, 2.05) is 18.2 Å². The van der Waals surface area contributed by atoms with Crippen molar-refractivity contribution in [3.8, 4) is 5.69 Å². The number of carbonyl (C=O) groups is 1. The third-order valence-electron chi connectivity index (χ3n) is 3.08. The molecule has 0 saturated carbocycles. The molecule has 0 unspecified atom stereocenters. The van der Waals surface area contributed by atoms with Gasteiger partial charge in [-0.1, -0.05) is 18.5 Å². The highest BCUT2D eigenvalue weighted by Gasteiger charge is 2.11. The normalized spacial score (nSPS) is 10.6. The number of halogens is 1. The average molecular weight is 307 g/mol. The molecule has 2 N–H and O–H groups in total. The Kier molecular flexibility index (Phi) is 5.36. The van der Waals surface area contributed by atoms with Crippen molar-refractivity contribution in [2.24, 2.45) is 0 Å². The van der Waals surface area contributed by atoms with Gasteiger partial charge in [0, 0.05) is 24.8 Å². The summed E-state index contributed by atoms with van der Waals surface area (Å²) in [7, 11) is 1.59. The molecule has 6 heteroatoms. The van der Waals surface area contributed by atoms with Crippen LogP contribution in [-0.2, 0) is 6.54 Å². The molecule has 1 aromatic carbocycles. The number of carbonyl (C=O) groups excluding carboxylic acids is 1. The highest BCUT2D eigenvalue weighted by molar-refractivity contribution is 6.30. The summed E-state index contributed by atoms with van der Waals surface area (Å²) in [6.45, 7) is 3.77. The first-order valence-electron chi connectivity index (χ1n) is 6.93. The smallest absolute Gasteiger partial charge is 0.271 e. The summed E-state index contributed by atoms with van der Waals surface area (Å²) < 4.78 is 1.70. The zero-order valence-corrected chi connectivity index (χ0v) is 12.9. The van der Waals surface area contributed by atoms with Crippen LogP contribution in [0, 0.1) is 0 Å². The molecular formula is C15H19ClN4O. The molecule has 2 rings (SSSR count). The molecule has 5 nitrogen and oxygen atoms in total. The van der Waals surface area contributed by atoms with Crippen LogP contribution in [0.3, 0.4) is 0 Å². The van der Waals surface area contributed by atoms with Gasteiger partial charge in [0.2, 0.25) is 0 Å². The molecule has 1 aromatic heterocycles. The molecule has 21 heavy (non-hydrogen) atoms. The Morgan fingerprint density at radius 3 is 2.90 bits per heavy atom. The number of amides is 1. The van der Waals surface area contributed by atoms with Gasteiger partial charge in [0.15, 0.2) is 5.69 Å². The number of nitrogens with zero attached hydrogens (tertiary/aromatic N) is 2. The van der Waals surface area contributed by atoms with E-state index in [4.69, 9.17) is 11.6 Å². The summed E-state index contributed by atoms with van der Waals surface area (Å²) in [5.74, 6) is -0.201. The van der Waals surface area contributed by atoms with E-state index in [1.165, 1.54) is 0 Å². The minimum Gasteiger partial charge on any atom is -0.354 e. The number of aromatic nitrogens is 2. The van der Waals surface area contributed by atoms with Gasteiger partial charge in [0.25, 0.3) is 5.91 Å². The fourth-order valence-corrected chi connectivity index (χ4v) is 2.22. The topological polar surface area (TPSA) is 59.0 Å². The molecule has 0 atom stereocenters. The molecule has 1 heterocycles. The summed E-state index contributed by atoms with van der Waals surface area (Å²) in [5.41, 5.74) is 2.35. The molecule has 0 fully saturated rings. The molecule has 0 radical (unpaired) electrons. The van der Waals surface area contributed by atoms with Crippen molar-refractivity contribution in [1.82, 2.24) is 20.4 Å². The lowest BCUT2D eigenvalue weighted by Gasteiger charge is -2.11. The molecule has 0 aliphatic heterocycles. The highest BCUT2D eigenvalue weighted by atomic mass is 35.5. The zero-order valence-electron chi connectivity index (χ0n) is 12.2. The van der Waals surface area contributed by atoms with Crippen molar-refractivity contribution in [2.45, 2.75) is 19.9 Å². The Balaban J connectivity index is 2.29. The molecule has 2 aromatic rings. The van der Waals surface area contributed by atoms with Crippen LogP contribution < -0.4 is 10.6 Å². The Morgan fingerprint density at radius 1 is 1.38 bits per heavy atom. The van der Waals surface area contributed by atoms with Crippen LogP contribution in [0.4, 0.5) is 0 Å². The van der Waals surface area contributed by atoms with Crippen molar-refractivity contribution >= 4 is 17.5 Å². The Labute approximate surface area is 129 Å². The SMILES string of the molecule is CCCNCc1cc(Cl)ccc1-n1ccc(C(=O)NC)n1. The number of rotatable bonds is 6. The summed E-state index contributed by atoms with van der Waals surface area (Å²) in [6.07, 6.45) is 2.84. The molecular weight excluding hydrogens is 288 g/mol. The number of nitrogens with one attached hydrogen (secondary N) is 2. The van der Waals surface area contributed by atoms with Crippen LogP contribution in [0.1, 0.15) is 29.4 Å². The molecule has 0 aliphatic rings. The molecule has 0 spiro atoms. The van der Waals surface area contributed by atoms with Crippen molar-refractivity contribution < 1.29 is 4.79 Å². The summed E-state index contributed by atoms with van der Waals surface area (Å²) in [5, 5.41) is 10.9. The summed E-state index contributed by atoms with van der Waals surface area (Å²) in [6, 6.07) is 7.34. The van der Waals surface area contributed by atoms with Gasteiger partial charge in [-0.05, 0) is 42.8 Å². The van der Waals surface area contributed by atoms with Crippen LogP contribution in [0.2, 0.25) is 5.02 Å². The van der Waals surface area contributed by atoms with Crippen LogP contribution in [-0.4, -0.2) is 29.3 Å². The first kappa shape index (κ1) is 15.5. The van der Waals surface area contributed by atoms with Gasteiger partial charge in [-0.15, -0.1) is 0 Å². The van der Waals surface area contributed by atoms with E-state index in [-0.39, 0.29) is 5.91 Å². The van der Waals surface area contributed by atoms with Crippen LogP contribution >= 0.6 is 11.6 Å². The van der Waals surface area contributed by atoms with Gasteiger partial charge >= 0.3 is 0 Å². The summed E-state index contributed by atoms with van der Waals surface area (Å²) >= 11 is 6.07. The minimum atomic E-state index is -0.201. The first-order valence-corrected chi connectivity index (χ1v) is 7.30. The van der Waals surface area contributed by atoms with Gasteiger partial charge in [-0.3, -0.25) is 4.79 Å². The van der Waals surface area contributed by atoms with E-state index in [0.29, 0.717) is 17.3 Å². The van der Waals surface area contributed by atoms with Gasteiger partial charge in [-0.25, -0.2) is 4.68 Å². The Bertz CT molecular complexity index is 624. The van der Waals surface area contributed by atoms with E-state index in [2.05, 4.69) is 22.7 Å². The zero-order chi connectivity index (χ0) is 15.2. The molecule has 112 valence electrons. The highest BCUT2D eigenvalue weighted by Crippen LogP contribution is 2.19. The maximum Gasteiger partial charge on any atom is 0.271 e. The number of benzene rings is 1. The monoisotopic (exact) mass is 306 g/mol. The van der Waals surface area contributed by atoms with E-state index in [1.54, 1.807) is 24.0 Å². The molecule has 0 saturated heterocycles. The third kappa shape index (κ3) is 3.83. The average Bonchev–Trinajstić information content (AvgIpc) is 2.96. The fourth-order valence-electron chi connectivity index (χ4n) is 2.03. The largest absolute Gasteiger partial charge is 0.354 e. The maximum absolute atomic E-state index is 11.6. The van der Waals surface area contributed by atoms with Crippen molar-refractivity contribution in [3.05, 3.63) is 46.7 Å². The van der Waals surface area contributed by atoms with Crippen LogP contribution in [0.5, 0.6) is 0 Å². The van der Waals surface area contributed by atoms with Gasteiger partial charge in [0.1, 0.15) is 0 Å². The van der Waals surface area contributed by atoms with E-state index in [0.717, 1.165) is 24.2 Å². The quantitative estimate of drug-likeness (QED) is 0.806. The van der Waals surface area contributed by atoms with Gasteiger partial charge < -0.3 is 10.6 Å². The lowest BCUT2D eigenvalue weighted by Crippen LogP contribution is -2.19. The van der Waals surface area contributed by atoms with Crippen molar-refractivity contribution in [2.75, 3.05) is 13.6 Å². The Hall–Kier alpha value is -1.85. The maximum atomic E-state index is 11.6. The van der Waals surface area contributed by atoms with E-state index < -0.39 is 0 Å². The predicted molar refractivity (Wildman–Crippen MR) is 84.0 cm³/mol. The standard InChI is InChI=1S/C15H19ClN4O/c1-3-7-18-10-11-9-12(16)4-5-14(11)20-8-6-13(19-20)15(21)17-2/h4-6,8-9,18H,3,7,10H2,1-2H3,(H,17,21). The minimum absolute atomic E-state index is 0.201. The second kappa shape index (κ2) is 7.24. The fraction of sp³-hybridized carbons (Fsp3) is 0.333. The Morgan fingerprint density at radius 2 is 2.19 bits per heavy atom. The van der Waals surface area contributed by atoms with E-state index >= 15 is 0 Å². The summed E-state index contributed by atoms with van der Waals surface area (Å²) in [4.78, 5) is 11.6. The van der Waals surface area contributed by atoms with E-state index in [9.17, 15) is 4.79 Å². The second-order valence-corrected chi connectivity index (χ2v) is 5.11. The van der Waals surface area contributed by atoms with Gasteiger partial charge in [0.05, 0.1) is 5.69 Å². The van der Waals surface area contributed by atoms with Crippen LogP contribution in [0.15, 0.2) is 30.5 Å². The van der Waals surface area contributed by atoms with Crippen molar-refractivity contribution in [3.63, 3.8) is 0 Å². The second-order valence-electron chi connectivity index (χ2n) is 4.67. The number of hydrogen-bond donors (Lipinski definition) is 2.